The molecule has 0 aliphatic heterocycles. The van der Waals surface area contributed by atoms with Crippen LogP contribution in [0.5, 0.6) is 17.2 Å². The van der Waals surface area contributed by atoms with Crippen LogP contribution in [0.3, 0.4) is 0 Å². The number of methoxy groups -OCH3 is 2. The van der Waals surface area contributed by atoms with Crippen molar-refractivity contribution in [3.63, 3.8) is 0 Å². The summed E-state index contributed by atoms with van der Waals surface area (Å²) < 4.78 is 21.2. The molecular formula is C22H24O6. The summed E-state index contributed by atoms with van der Waals surface area (Å²) in [5.74, 6) is 0.695. The van der Waals surface area contributed by atoms with Gasteiger partial charge in [0.1, 0.15) is 5.75 Å². The summed E-state index contributed by atoms with van der Waals surface area (Å²) in [6.07, 6.45) is 2.19. The van der Waals surface area contributed by atoms with Crippen molar-refractivity contribution in [2.45, 2.75) is 13.3 Å². The Kier molecular flexibility index (Phi) is 7.63. The molecule has 0 aliphatic rings. The highest BCUT2D eigenvalue weighted by Gasteiger charge is 2.18. The van der Waals surface area contributed by atoms with Gasteiger partial charge >= 0.3 is 5.97 Å². The van der Waals surface area contributed by atoms with E-state index in [-0.39, 0.29) is 18.0 Å². The molecule has 2 aromatic carbocycles. The van der Waals surface area contributed by atoms with Crippen LogP contribution in [0.25, 0.3) is 0 Å². The molecule has 0 amide bonds. The first-order chi connectivity index (χ1) is 13.5. The van der Waals surface area contributed by atoms with Crippen LogP contribution in [0, 0.1) is 0 Å². The Morgan fingerprint density at radius 1 is 1.04 bits per heavy atom. The number of ether oxygens (including phenoxy) is 4. The molecule has 0 fully saturated rings. The Labute approximate surface area is 164 Å². The lowest BCUT2D eigenvalue weighted by Gasteiger charge is -2.14. The highest BCUT2D eigenvalue weighted by molar-refractivity contribution is 5.99. The van der Waals surface area contributed by atoms with E-state index in [0.29, 0.717) is 35.8 Å². The second kappa shape index (κ2) is 10.2. The standard InChI is InChI=1S/C22H24O6/c1-5-7-16-12-17(13-20(25-3)21(16)26-4)22(24)28-14-19(23)15-8-10-18(11-9-15)27-6-2/h5,8-13H,1,6-7,14H2,2-4H3. The highest BCUT2D eigenvalue weighted by Crippen LogP contribution is 2.33. The van der Waals surface area contributed by atoms with Crippen molar-refractivity contribution in [3.05, 3.63) is 65.7 Å². The van der Waals surface area contributed by atoms with E-state index < -0.39 is 5.97 Å². The molecule has 0 aliphatic carbocycles. The first kappa shape index (κ1) is 21.0. The van der Waals surface area contributed by atoms with Crippen LogP contribution in [-0.2, 0) is 11.2 Å². The third-order valence-electron chi connectivity index (χ3n) is 3.98. The lowest BCUT2D eigenvalue weighted by atomic mass is 10.1. The van der Waals surface area contributed by atoms with E-state index in [4.69, 9.17) is 18.9 Å². The van der Waals surface area contributed by atoms with Crippen LogP contribution < -0.4 is 14.2 Å². The van der Waals surface area contributed by atoms with Gasteiger partial charge in [-0.25, -0.2) is 4.79 Å². The molecule has 0 saturated carbocycles. The van der Waals surface area contributed by atoms with Gasteiger partial charge in [-0.2, -0.15) is 0 Å². The molecule has 0 atom stereocenters. The number of hydrogen-bond acceptors (Lipinski definition) is 6. The van der Waals surface area contributed by atoms with E-state index in [9.17, 15) is 9.59 Å². The molecule has 28 heavy (non-hydrogen) atoms. The predicted octanol–water partition coefficient (Wildman–Crippen LogP) is 3.87. The second-order valence-electron chi connectivity index (χ2n) is 5.82. The Bertz CT molecular complexity index is 839. The number of rotatable bonds is 10. The average Bonchev–Trinajstić information content (AvgIpc) is 2.72. The zero-order valence-electron chi connectivity index (χ0n) is 16.3. The molecule has 0 radical (unpaired) electrons. The summed E-state index contributed by atoms with van der Waals surface area (Å²) >= 11 is 0. The molecule has 0 saturated heterocycles. The van der Waals surface area contributed by atoms with Crippen molar-refractivity contribution < 1.29 is 28.5 Å². The SMILES string of the molecule is C=CCc1cc(C(=O)OCC(=O)c2ccc(OCC)cc2)cc(OC)c1OC. The van der Waals surface area contributed by atoms with Crippen molar-refractivity contribution in [1.29, 1.82) is 0 Å². The normalized spacial score (nSPS) is 10.1. The molecule has 0 unspecified atom stereocenters. The van der Waals surface area contributed by atoms with Gasteiger partial charge in [-0.1, -0.05) is 6.08 Å². The molecule has 2 rings (SSSR count). The molecule has 148 valence electrons. The van der Waals surface area contributed by atoms with E-state index in [1.165, 1.54) is 20.3 Å². The van der Waals surface area contributed by atoms with Gasteiger partial charge in [-0.05, 0) is 49.7 Å². The number of carbonyl (C=O) groups is 2. The Morgan fingerprint density at radius 3 is 2.32 bits per heavy atom. The van der Waals surface area contributed by atoms with Crippen molar-refractivity contribution in [1.82, 2.24) is 0 Å². The van der Waals surface area contributed by atoms with Crippen LogP contribution in [0.4, 0.5) is 0 Å². The van der Waals surface area contributed by atoms with Gasteiger partial charge in [0, 0.05) is 11.1 Å². The van der Waals surface area contributed by atoms with Gasteiger partial charge in [0.15, 0.2) is 23.9 Å². The fourth-order valence-corrected chi connectivity index (χ4v) is 2.67. The highest BCUT2D eigenvalue weighted by atomic mass is 16.5. The molecule has 6 nitrogen and oxygen atoms in total. The van der Waals surface area contributed by atoms with E-state index >= 15 is 0 Å². The predicted molar refractivity (Wildman–Crippen MR) is 106 cm³/mol. The molecule has 0 N–H and O–H groups in total. The Morgan fingerprint density at radius 2 is 1.75 bits per heavy atom. The lowest BCUT2D eigenvalue weighted by Crippen LogP contribution is -2.15. The van der Waals surface area contributed by atoms with E-state index in [1.54, 1.807) is 36.4 Å². The number of carbonyl (C=O) groups excluding carboxylic acids is 2. The first-order valence-electron chi connectivity index (χ1n) is 8.83. The van der Waals surface area contributed by atoms with Crippen LogP contribution in [0.2, 0.25) is 0 Å². The Hall–Kier alpha value is -3.28. The molecule has 0 heterocycles. The number of ketones is 1. The third kappa shape index (κ3) is 5.13. The van der Waals surface area contributed by atoms with Crippen LogP contribution >= 0.6 is 0 Å². The number of allylic oxidation sites excluding steroid dienone is 1. The van der Waals surface area contributed by atoms with Gasteiger partial charge < -0.3 is 18.9 Å². The number of esters is 1. The number of Topliss-reactive ketones (excluding diaryl/α,β-unsaturated/α-hetero) is 1. The van der Waals surface area contributed by atoms with Crippen molar-refractivity contribution in [2.24, 2.45) is 0 Å². The monoisotopic (exact) mass is 384 g/mol. The number of benzene rings is 2. The summed E-state index contributed by atoms with van der Waals surface area (Å²) in [6.45, 7) is 5.77. The summed E-state index contributed by atoms with van der Waals surface area (Å²) in [5, 5.41) is 0. The average molecular weight is 384 g/mol. The second-order valence-corrected chi connectivity index (χ2v) is 5.82. The summed E-state index contributed by atoms with van der Waals surface area (Å²) in [4.78, 5) is 24.7. The van der Waals surface area contributed by atoms with Crippen molar-refractivity contribution >= 4 is 11.8 Å². The minimum atomic E-state index is -0.620. The molecule has 2 aromatic rings. The zero-order valence-corrected chi connectivity index (χ0v) is 16.3. The van der Waals surface area contributed by atoms with Crippen LogP contribution in [0.15, 0.2) is 49.1 Å². The maximum absolute atomic E-state index is 12.4. The molecule has 0 aromatic heterocycles. The molecular weight excluding hydrogens is 360 g/mol. The fraction of sp³-hybridized carbons (Fsp3) is 0.273. The quantitative estimate of drug-likeness (QED) is 0.352. The fourth-order valence-electron chi connectivity index (χ4n) is 2.67. The van der Waals surface area contributed by atoms with E-state index in [0.717, 1.165) is 5.56 Å². The van der Waals surface area contributed by atoms with Crippen LogP contribution in [-0.4, -0.2) is 39.2 Å². The largest absolute Gasteiger partial charge is 0.494 e. The van der Waals surface area contributed by atoms with Gasteiger partial charge in [0.2, 0.25) is 0 Å². The first-order valence-corrected chi connectivity index (χ1v) is 8.83. The third-order valence-corrected chi connectivity index (χ3v) is 3.98. The lowest BCUT2D eigenvalue weighted by molar-refractivity contribution is 0.0474. The van der Waals surface area contributed by atoms with E-state index in [2.05, 4.69) is 6.58 Å². The summed E-state index contributed by atoms with van der Waals surface area (Å²) in [5.41, 5.74) is 1.45. The maximum Gasteiger partial charge on any atom is 0.338 e. The summed E-state index contributed by atoms with van der Waals surface area (Å²) in [7, 11) is 3.01. The smallest absolute Gasteiger partial charge is 0.338 e. The van der Waals surface area contributed by atoms with Gasteiger partial charge in [0.25, 0.3) is 0 Å². The van der Waals surface area contributed by atoms with Crippen LogP contribution in [0.1, 0.15) is 33.2 Å². The topological polar surface area (TPSA) is 71.1 Å². The minimum absolute atomic E-state index is 0.272. The van der Waals surface area contributed by atoms with Gasteiger partial charge in [0.05, 0.1) is 26.4 Å². The van der Waals surface area contributed by atoms with Gasteiger partial charge in [-0.3, -0.25) is 4.79 Å². The maximum atomic E-state index is 12.4. The number of hydrogen-bond donors (Lipinski definition) is 0. The molecule has 6 heteroatoms. The van der Waals surface area contributed by atoms with E-state index in [1.807, 2.05) is 6.92 Å². The minimum Gasteiger partial charge on any atom is -0.494 e. The van der Waals surface area contributed by atoms with Gasteiger partial charge in [-0.15, -0.1) is 6.58 Å². The van der Waals surface area contributed by atoms with Crippen molar-refractivity contribution in [2.75, 3.05) is 27.4 Å². The summed E-state index contributed by atoms with van der Waals surface area (Å²) in [6, 6.07) is 9.85. The van der Waals surface area contributed by atoms with Crippen molar-refractivity contribution in [3.8, 4) is 17.2 Å². The zero-order chi connectivity index (χ0) is 20.5. The Balaban J connectivity index is 2.10. The molecule has 0 spiro atoms. The molecule has 0 bridgehead atoms.